The SMILES string of the molecule is CCOC(=O)N1C(OCC)=NN=C(c2ccc(Br)cc2)C1c1ccccc1. The zero-order valence-corrected chi connectivity index (χ0v) is 16.7. The van der Waals surface area contributed by atoms with Gasteiger partial charge in [-0.2, -0.15) is 0 Å². The summed E-state index contributed by atoms with van der Waals surface area (Å²) in [5.41, 5.74) is 2.39. The fourth-order valence-corrected chi connectivity index (χ4v) is 3.08. The molecule has 0 saturated carbocycles. The summed E-state index contributed by atoms with van der Waals surface area (Å²) >= 11 is 3.44. The molecule has 140 valence electrons. The van der Waals surface area contributed by atoms with Gasteiger partial charge in [0.25, 0.3) is 0 Å². The van der Waals surface area contributed by atoms with E-state index >= 15 is 0 Å². The standard InChI is InChI=1S/C20H20BrN3O3/c1-3-26-19-23-22-17(14-10-12-16(21)13-11-14)18(15-8-6-5-7-9-15)24(19)20(25)27-4-2/h5-13,18H,3-4H2,1-2H3. The largest absolute Gasteiger partial charge is 0.464 e. The first-order valence-corrected chi connectivity index (χ1v) is 9.50. The Hall–Kier alpha value is -2.67. The third-order valence-electron chi connectivity index (χ3n) is 3.96. The fourth-order valence-electron chi connectivity index (χ4n) is 2.81. The minimum atomic E-state index is -0.525. The molecule has 6 nitrogen and oxygen atoms in total. The molecule has 0 aliphatic carbocycles. The molecule has 1 aliphatic rings. The first-order valence-electron chi connectivity index (χ1n) is 8.70. The maximum atomic E-state index is 12.8. The molecular formula is C20H20BrN3O3. The maximum Gasteiger partial charge on any atom is 0.418 e. The van der Waals surface area contributed by atoms with Crippen molar-refractivity contribution in [1.29, 1.82) is 0 Å². The van der Waals surface area contributed by atoms with Gasteiger partial charge in [-0.3, -0.25) is 0 Å². The van der Waals surface area contributed by atoms with Crippen molar-refractivity contribution in [3.05, 3.63) is 70.2 Å². The van der Waals surface area contributed by atoms with Crippen LogP contribution in [0.3, 0.4) is 0 Å². The summed E-state index contributed by atoms with van der Waals surface area (Å²) in [4.78, 5) is 14.2. The van der Waals surface area contributed by atoms with Crippen LogP contribution in [-0.4, -0.2) is 35.9 Å². The number of amidine groups is 1. The van der Waals surface area contributed by atoms with E-state index in [4.69, 9.17) is 9.47 Å². The van der Waals surface area contributed by atoms with Gasteiger partial charge in [0.05, 0.1) is 18.9 Å². The molecule has 2 aromatic carbocycles. The van der Waals surface area contributed by atoms with Gasteiger partial charge in [-0.1, -0.05) is 63.5 Å². The number of hydrogen-bond donors (Lipinski definition) is 0. The van der Waals surface area contributed by atoms with Crippen molar-refractivity contribution >= 4 is 33.8 Å². The number of halogens is 1. The molecule has 3 rings (SSSR count). The molecule has 0 aromatic heterocycles. The summed E-state index contributed by atoms with van der Waals surface area (Å²) < 4.78 is 11.8. The Kier molecular flexibility index (Phi) is 6.24. The molecule has 1 heterocycles. The maximum absolute atomic E-state index is 12.8. The minimum absolute atomic E-state index is 0.130. The van der Waals surface area contributed by atoms with Gasteiger partial charge in [-0.15, -0.1) is 5.10 Å². The van der Waals surface area contributed by atoms with Crippen LogP contribution in [0.2, 0.25) is 0 Å². The molecule has 0 fully saturated rings. The number of benzene rings is 2. The van der Waals surface area contributed by atoms with E-state index in [0.717, 1.165) is 15.6 Å². The summed E-state index contributed by atoms with van der Waals surface area (Å²) in [7, 11) is 0. The van der Waals surface area contributed by atoms with Crippen molar-refractivity contribution in [3.8, 4) is 0 Å². The molecule has 0 bridgehead atoms. The van der Waals surface area contributed by atoms with E-state index in [1.807, 2.05) is 61.5 Å². The van der Waals surface area contributed by atoms with Crippen molar-refractivity contribution in [2.45, 2.75) is 19.9 Å². The smallest absolute Gasteiger partial charge is 0.418 e. The molecule has 0 N–H and O–H groups in total. The first-order chi connectivity index (χ1) is 13.2. The number of carbonyl (C=O) groups is 1. The molecular weight excluding hydrogens is 410 g/mol. The van der Waals surface area contributed by atoms with E-state index < -0.39 is 12.1 Å². The lowest BCUT2D eigenvalue weighted by Crippen LogP contribution is -2.46. The molecule has 0 radical (unpaired) electrons. The highest BCUT2D eigenvalue weighted by atomic mass is 79.9. The monoisotopic (exact) mass is 429 g/mol. The van der Waals surface area contributed by atoms with Crippen LogP contribution in [0.1, 0.15) is 31.0 Å². The number of rotatable bonds is 4. The Morgan fingerprint density at radius 3 is 2.37 bits per heavy atom. The molecule has 1 aliphatic heterocycles. The summed E-state index contributed by atoms with van der Waals surface area (Å²) in [6.45, 7) is 4.21. The Bertz CT molecular complexity index is 851. The predicted molar refractivity (Wildman–Crippen MR) is 108 cm³/mol. The Balaban J connectivity index is 2.14. The minimum Gasteiger partial charge on any atom is -0.464 e. The van der Waals surface area contributed by atoms with Gasteiger partial charge >= 0.3 is 12.1 Å². The lowest BCUT2D eigenvalue weighted by molar-refractivity contribution is 0.111. The molecule has 0 saturated heterocycles. The van der Waals surface area contributed by atoms with Crippen molar-refractivity contribution in [3.63, 3.8) is 0 Å². The van der Waals surface area contributed by atoms with Crippen LogP contribution in [0.5, 0.6) is 0 Å². The van der Waals surface area contributed by atoms with Crippen LogP contribution in [-0.2, 0) is 9.47 Å². The van der Waals surface area contributed by atoms with Gasteiger partial charge in [0.2, 0.25) is 0 Å². The number of hydrogen-bond acceptors (Lipinski definition) is 5. The molecule has 1 unspecified atom stereocenters. The van der Waals surface area contributed by atoms with E-state index in [1.54, 1.807) is 6.92 Å². The molecule has 7 heteroatoms. The Morgan fingerprint density at radius 2 is 1.74 bits per heavy atom. The fraction of sp³-hybridized carbons (Fsp3) is 0.250. The van der Waals surface area contributed by atoms with Crippen LogP contribution in [0.25, 0.3) is 0 Å². The summed E-state index contributed by atoms with van der Waals surface area (Å²) in [5, 5.41) is 8.55. The molecule has 0 spiro atoms. The predicted octanol–water partition coefficient (Wildman–Crippen LogP) is 4.76. The topological polar surface area (TPSA) is 63.5 Å². The molecule has 1 atom stereocenters. The van der Waals surface area contributed by atoms with Gasteiger partial charge in [-0.05, 0) is 31.5 Å². The van der Waals surface area contributed by atoms with Crippen LogP contribution < -0.4 is 0 Å². The Morgan fingerprint density at radius 1 is 1.04 bits per heavy atom. The van der Waals surface area contributed by atoms with Crippen LogP contribution in [0, 0.1) is 0 Å². The van der Waals surface area contributed by atoms with Gasteiger partial charge in [0, 0.05) is 10.0 Å². The van der Waals surface area contributed by atoms with Crippen LogP contribution in [0.15, 0.2) is 69.3 Å². The van der Waals surface area contributed by atoms with Crippen LogP contribution in [0.4, 0.5) is 4.79 Å². The van der Waals surface area contributed by atoms with Crippen molar-refractivity contribution in [2.75, 3.05) is 13.2 Å². The second kappa shape index (κ2) is 8.81. The summed E-state index contributed by atoms with van der Waals surface area (Å²) in [6, 6.07) is 17.0. The molecule has 1 amide bonds. The van der Waals surface area contributed by atoms with Crippen molar-refractivity contribution in [1.82, 2.24) is 4.90 Å². The van der Waals surface area contributed by atoms with E-state index in [0.29, 0.717) is 12.3 Å². The first kappa shape index (κ1) is 19.1. The zero-order valence-electron chi connectivity index (χ0n) is 15.1. The molecule has 27 heavy (non-hydrogen) atoms. The van der Waals surface area contributed by atoms with Gasteiger partial charge in [0.15, 0.2) is 0 Å². The molecule has 2 aromatic rings. The van der Waals surface area contributed by atoms with E-state index in [2.05, 4.69) is 26.1 Å². The van der Waals surface area contributed by atoms with Crippen LogP contribution >= 0.6 is 15.9 Å². The third kappa shape index (κ3) is 4.19. The normalized spacial score (nSPS) is 16.4. The highest BCUT2D eigenvalue weighted by molar-refractivity contribution is 9.10. The summed E-state index contributed by atoms with van der Waals surface area (Å²) in [5.74, 6) is 0. The zero-order chi connectivity index (χ0) is 19.2. The second-order valence-corrected chi connectivity index (χ2v) is 6.61. The second-order valence-electron chi connectivity index (χ2n) is 5.69. The summed E-state index contributed by atoms with van der Waals surface area (Å²) in [6.07, 6.45) is -0.525. The average molecular weight is 430 g/mol. The lowest BCUT2D eigenvalue weighted by atomic mass is 9.95. The van der Waals surface area contributed by atoms with E-state index in [9.17, 15) is 4.79 Å². The quantitative estimate of drug-likeness (QED) is 0.703. The lowest BCUT2D eigenvalue weighted by Gasteiger charge is -2.33. The van der Waals surface area contributed by atoms with Crippen molar-refractivity contribution < 1.29 is 14.3 Å². The van der Waals surface area contributed by atoms with E-state index in [1.165, 1.54) is 4.90 Å². The highest BCUT2D eigenvalue weighted by Crippen LogP contribution is 2.31. The Labute approximate surface area is 166 Å². The van der Waals surface area contributed by atoms with Gasteiger partial charge in [-0.25, -0.2) is 9.69 Å². The highest BCUT2D eigenvalue weighted by Gasteiger charge is 2.38. The van der Waals surface area contributed by atoms with Crippen molar-refractivity contribution in [2.24, 2.45) is 10.2 Å². The number of amides is 1. The number of carbonyl (C=O) groups excluding carboxylic acids is 1. The number of ether oxygens (including phenoxy) is 2. The van der Waals surface area contributed by atoms with Gasteiger partial charge < -0.3 is 9.47 Å². The van der Waals surface area contributed by atoms with Gasteiger partial charge in [0.1, 0.15) is 6.04 Å². The van der Waals surface area contributed by atoms with E-state index in [-0.39, 0.29) is 12.6 Å². The third-order valence-corrected chi connectivity index (χ3v) is 4.49. The number of nitrogens with zero attached hydrogens (tertiary/aromatic N) is 3. The average Bonchev–Trinajstić information content (AvgIpc) is 2.69.